The van der Waals surface area contributed by atoms with E-state index in [1.807, 2.05) is 12.2 Å². The van der Waals surface area contributed by atoms with Crippen molar-refractivity contribution in [1.29, 1.82) is 0 Å². The number of phosphoric acid groups is 1. The van der Waals surface area contributed by atoms with Crippen molar-refractivity contribution in [1.82, 2.24) is 0 Å². The molecule has 0 aliphatic heterocycles. The van der Waals surface area contributed by atoms with E-state index < -0.39 is 51.8 Å². The number of ether oxygens (including phenoxy) is 2. The van der Waals surface area contributed by atoms with Crippen LogP contribution in [0.15, 0.2) is 85.1 Å². The number of carbonyl (C=O) groups excluding carboxylic acids is 2. The molecule has 55 heavy (non-hydrogen) atoms. The van der Waals surface area contributed by atoms with E-state index in [9.17, 15) is 24.2 Å². The van der Waals surface area contributed by atoms with Gasteiger partial charge in [0.15, 0.2) is 6.10 Å². The molecule has 11 heteroatoms. The molecule has 1 unspecified atom stereocenters. The van der Waals surface area contributed by atoms with Gasteiger partial charge in [0.05, 0.1) is 19.8 Å². The molecule has 0 aliphatic rings. The highest BCUT2D eigenvalue weighted by atomic mass is 31.2. The molecular formula is C44H73O10P. The molecule has 0 radical (unpaired) electrons. The fourth-order valence-corrected chi connectivity index (χ4v) is 5.68. The first-order valence-electron chi connectivity index (χ1n) is 20.5. The molecule has 0 fully saturated rings. The van der Waals surface area contributed by atoms with Gasteiger partial charge < -0.3 is 24.6 Å². The van der Waals surface area contributed by atoms with E-state index in [1.165, 1.54) is 25.7 Å². The molecule has 0 rings (SSSR count). The Bertz CT molecular complexity index is 1190. The van der Waals surface area contributed by atoms with Crippen molar-refractivity contribution in [3.8, 4) is 0 Å². The van der Waals surface area contributed by atoms with Gasteiger partial charge in [-0.3, -0.25) is 18.6 Å². The minimum Gasteiger partial charge on any atom is -0.462 e. The van der Waals surface area contributed by atoms with Crippen LogP contribution in [0.1, 0.15) is 142 Å². The summed E-state index contributed by atoms with van der Waals surface area (Å²) in [6, 6.07) is 0. The summed E-state index contributed by atoms with van der Waals surface area (Å²) in [4.78, 5) is 34.9. The molecule has 0 aromatic carbocycles. The summed E-state index contributed by atoms with van der Waals surface area (Å²) in [5.74, 6) is -1.04. The minimum atomic E-state index is -4.64. The number of hydrogen-bond acceptors (Lipinski definition) is 9. The Morgan fingerprint density at radius 2 is 1.04 bits per heavy atom. The lowest BCUT2D eigenvalue weighted by Crippen LogP contribution is -2.29. The third-order valence-electron chi connectivity index (χ3n) is 8.05. The van der Waals surface area contributed by atoms with Crippen molar-refractivity contribution in [3.63, 3.8) is 0 Å². The smallest absolute Gasteiger partial charge is 0.462 e. The van der Waals surface area contributed by atoms with Crippen molar-refractivity contribution in [2.24, 2.45) is 0 Å². The monoisotopic (exact) mass is 792 g/mol. The molecule has 0 amide bonds. The van der Waals surface area contributed by atoms with E-state index in [1.54, 1.807) is 0 Å². The zero-order chi connectivity index (χ0) is 40.5. The van der Waals surface area contributed by atoms with Crippen molar-refractivity contribution < 1.29 is 47.8 Å². The van der Waals surface area contributed by atoms with Gasteiger partial charge >= 0.3 is 19.8 Å². The zero-order valence-electron chi connectivity index (χ0n) is 33.9. The maximum absolute atomic E-state index is 12.6. The third-order valence-corrected chi connectivity index (χ3v) is 9.00. The lowest BCUT2D eigenvalue weighted by atomic mass is 10.1. The van der Waals surface area contributed by atoms with Crippen LogP contribution in [-0.4, -0.2) is 65.7 Å². The first-order chi connectivity index (χ1) is 26.7. The summed E-state index contributed by atoms with van der Waals surface area (Å²) >= 11 is 0. The van der Waals surface area contributed by atoms with E-state index in [4.69, 9.17) is 19.1 Å². The molecule has 0 spiro atoms. The maximum atomic E-state index is 12.6. The van der Waals surface area contributed by atoms with Crippen molar-refractivity contribution in [2.75, 3.05) is 26.4 Å². The number of esters is 2. The summed E-state index contributed by atoms with van der Waals surface area (Å²) in [5, 5.41) is 18.3. The van der Waals surface area contributed by atoms with Gasteiger partial charge in [-0.1, -0.05) is 137 Å². The lowest BCUT2D eigenvalue weighted by Gasteiger charge is -2.20. The molecule has 3 N–H and O–H groups in total. The number of aliphatic hydroxyl groups is 2. The largest absolute Gasteiger partial charge is 0.472 e. The predicted molar refractivity (Wildman–Crippen MR) is 223 cm³/mol. The molecule has 0 aliphatic carbocycles. The van der Waals surface area contributed by atoms with Crippen LogP contribution >= 0.6 is 7.82 Å². The van der Waals surface area contributed by atoms with Gasteiger partial charge in [0, 0.05) is 12.8 Å². The highest BCUT2D eigenvalue weighted by Gasteiger charge is 2.27. The number of carbonyl (C=O) groups is 2. The van der Waals surface area contributed by atoms with E-state index >= 15 is 0 Å². The van der Waals surface area contributed by atoms with Crippen LogP contribution in [0.5, 0.6) is 0 Å². The van der Waals surface area contributed by atoms with Gasteiger partial charge in [-0.25, -0.2) is 4.57 Å². The Kier molecular flexibility index (Phi) is 37.3. The van der Waals surface area contributed by atoms with Gasteiger partial charge in [-0.15, -0.1) is 0 Å². The number of unbranched alkanes of at least 4 members (excludes halogenated alkanes) is 9. The number of aliphatic hydroxyl groups excluding tert-OH is 2. The summed E-state index contributed by atoms with van der Waals surface area (Å²) in [6.45, 7) is 2.13. The Balaban J connectivity index is 4.50. The quantitative estimate of drug-likeness (QED) is 0.0240. The minimum absolute atomic E-state index is 0.0529. The molecule has 0 saturated heterocycles. The Morgan fingerprint density at radius 1 is 0.564 bits per heavy atom. The van der Waals surface area contributed by atoms with Gasteiger partial charge in [-0.2, -0.15) is 0 Å². The highest BCUT2D eigenvalue weighted by Crippen LogP contribution is 2.43. The van der Waals surface area contributed by atoms with Crippen LogP contribution in [-0.2, 0) is 32.7 Å². The third kappa shape index (κ3) is 39.2. The number of phosphoric ester groups is 1. The lowest BCUT2D eigenvalue weighted by molar-refractivity contribution is -0.161. The Morgan fingerprint density at radius 3 is 1.58 bits per heavy atom. The normalized spacial score (nSPS) is 14.8. The molecular weight excluding hydrogens is 719 g/mol. The molecule has 314 valence electrons. The molecule has 0 aromatic rings. The molecule has 10 nitrogen and oxygen atoms in total. The molecule has 0 aromatic heterocycles. The van der Waals surface area contributed by atoms with Crippen LogP contribution in [0.3, 0.4) is 0 Å². The fourth-order valence-electron chi connectivity index (χ4n) is 4.89. The van der Waals surface area contributed by atoms with Crippen molar-refractivity contribution in [3.05, 3.63) is 85.1 Å². The van der Waals surface area contributed by atoms with E-state index in [0.717, 1.165) is 77.0 Å². The first kappa shape index (κ1) is 52.2. The number of hydrogen-bond donors (Lipinski definition) is 3. The summed E-state index contributed by atoms with van der Waals surface area (Å²) in [5.41, 5.74) is 0. The number of rotatable bonds is 37. The zero-order valence-corrected chi connectivity index (χ0v) is 34.7. The van der Waals surface area contributed by atoms with Crippen LogP contribution in [0.25, 0.3) is 0 Å². The van der Waals surface area contributed by atoms with E-state index in [0.29, 0.717) is 12.8 Å². The summed E-state index contributed by atoms with van der Waals surface area (Å²) in [6.07, 6.45) is 45.6. The second-order valence-electron chi connectivity index (χ2n) is 13.3. The number of allylic oxidation sites excluding steroid dienone is 14. The van der Waals surface area contributed by atoms with Crippen molar-refractivity contribution in [2.45, 2.75) is 154 Å². The van der Waals surface area contributed by atoms with E-state index in [-0.39, 0.29) is 19.4 Å². The van der Waals surface area contributed by atoms with Gasteiger partial charge in [0.2, 0.25) is 0 Å². The van der Waals surface area contributed by atoms with Crippen LogP contribution < -0.4 is 0 Å². The molecule has 0 heterocycles. The van der Waals surface area contributed by atoms with Crippen LogP contribution in [0.4, 0.5) is 0 Å². The summed E-state index contributed by atoms with van der Waals surface area (Å²) < 4.78 is 32.5. The fraction of sp³-hybridized carbons (Fsp3) is 0.636. The second kappa shape index (κ2) is 39.4. The Labute approximate surface area is 332 Å². The molecule has 0 bridgehead atoms. The summed E-state index contributed by atoms with van der Waals surface area (Å²) in [7, 11) is -4.64. The second-order valence-corrected chi connectivity index (χ2v) is 14.7. The molecule has 3 atom stereocenters. The Hall–Kier alpha value is -2.85. The maximum Gasteiger partial charge on any atom is 0.472 e. The topological polar surface area (TPSA) is 149 Å². The van der Waals surface area contributed by atoms with Crippen LogP contribution in [0.2, 0.25) is 0 Å². The molecule has 0 saturated carbocycles. The predicted octanol–water partition coefficient (Wildman–Crippen LogP) is 10.7. The van der Waals surface area contributed by atoms with Gasteiger partial charge in [0.1, 0.15) is 12.7 Å². The van der Waals surface area contributed by atoms with Crippen molar-refractivity contribution >= 4 is 19.8 Å². The highest BCUT2D eigenvalue weighted by molar-refractivity contribution is 7.47. The average molecular weight is 793 g/mol. The first-order valence-corrected chi connectivity index (χ1v) is 22.0. The van der Waals surface area contributed by atoms with Gasteiger partial charge in [-0.05, 0) is 77.0 Å². The van der Waals surface area contributed by atoms with Crippen LogP contribution in [0, 0.1) is 0 Å². The van der Waals surface area contributed by atoms with Gasteiger partial charge in [0.25, 0.3) is 0 Å². The SMILES string of the molecule is CCC=CCC=CCC=CCC=CCC=CCC=CCCC(=O)O[C@H](COC(=O)CCCCCCCC=CCCCCCC)COP(=O)(O)OC[C@@H](O)CO. The average Bonchev–Trinajstić information content (AvgIpc) is 3.17. The van der Waals surface area contributed by atoms with E-state index in [2.05, 4.69) is 91.3 Å². The standard InChI is InChI=1S/C44H73O10P/c1-3-5-7-9-11-13-15-17-18-19-20-21-22-24-26-28-30-32-34-36-44(48)54-42(40-53-55(49,50)52-38-41(46)37-45)39-51-43(47)35-33-31-29-27-25-23-16-14-12-10-8-6-4-2/h5,7,11,13-14,16-18,20-21,24,26,30,32,41-42,45-46H,3-4,6,8-10,12,15,19,22-23,25,27-29,31,33-40H2,1-2H3,(H,49,50)/t41-,42+/m0/s1.